The zero-order chi connectivity index (χ0) is 25.4. The van der Waals surface area contributed by atoms with Crippen LogP contribution in [0.25, 0.3) is 11.1 Å². The lowest BCUT2D eigenvalue weighted by molar-refractivity contribution is -0.149. The Balaban J connectivity index is 1.48. The highest BCUT2D eigenvalue weighted by Gasteiger charge is 2.36. The first-order valence-corrected chi connectivity index (χ1v) is 12.0. The van der Waals surface area contributed by atoms with Gasteiger partial charge in [-0.3, -0.25) is 9.59 Å². The lowest BCUT2D eigenvalue weighted by atomic mass is 9.82. The number of amides is 2. The summed E-state index contributed by atoms with van der Waals surface area (Å²) in [6.45, 7) is 3.98. The second-order valence-corrected chi connectivity index (χ2v) is 8.78. The molecule has 2 aromatic rings. The fourth-order valence-corrected chi connectivity index (χ4v) is 4.56. The Morgan fingerprint density at radius 1 is 0.971 bits per heavy atom. The summed E-state index contributed by atoms with van der Waals surface area (Å²) in [4.78, 5) is 36.5. The van der Waals surface area contributed by atoms with Crippen molar-refractivity contribution in [2.75, 3.05) is 26.8 Å². The van der Waals surface area contributed by atoms with Crippen LogP contribution in [0.4, 0.5) is 4.79 Å². The zero-order valence-corrected chi connectivity index (χ0v) is 20.5. The van der Waals surface area contributed by atoms with Crippen LogP contribution in [0.3, 0.4) is 0 Å². The van der Waals surface area contributed by atoms with E-state index in [0.717, 1.165) is 22.3 Å². The van der Waals surface area contributed by atoms with Crippen LogP contribution in [-0.2, 0) is 19.1 Å². The number of aliphatic carboxylic acids is 1. The van der Waals surface area contributed by atoms with Crippen molar-refractivity contribution in [2.24, 2.45) is 5.41 Å². The molecular formula is C27H34N2O6. The van der Waals surface area contributed by atoms with E-state index in [4.69, 9.17) is 9.47 Å². The van der Waals surface area contributed by atoms with E-state index in [0.29, 0.717) is 12.8 Å². The minimum Gasteiger partial charge on any atom is -0.481 e. The molecule has 3 N–H and O–H groups in total. The molecule has 1 aliphatic carbocycles. The number of alkyl carbamates (subject to hydrolysis) is 1. The van der Waals surface area contributed by atoms with Crippen molar-refractivity contribution in [3.8, 4) is 11.1 Å². The second kappa shape index (κ2) is 11.8. The molecule has 8 heteroatoms. The molecule has 2 aromatic carbocycles. The summed E-state index contributed by atoms with van der Waals surface area (Å²) >= 11 is 0. The number of carboxylic acid groups (broad SMARTS) is 1. The quantitative estimate of drug-likeness (QED) is 0.422. The van der Waals surface area contributed by atoms with Crippen molar-refractivity contribution < 1.29 is 29.0 Å². The van der Waals surface area contributed by atoms with E-state index in [9.17, 15) is 19.5 Å². The van der Waals surface area contributed by atoms with Crippen LogP contribution < -0.4 is 10.6 Å². The molecule has 0 aliphatic heterocycles. The minimum absolute atomic E-state index is 0.0217. The Hall–Kier alpha value is -3.39. The summed E-state index contributed by atoms with van der Waals surface area (Å²) in [7, 11) is 1.40. The number of methoxy groups -OCH3 is 1. The van der Waals surface area contributed by atoms with E-state index in [2.05, 4.69) is 34.9 Å². The van der Waals surface area contributed by atoms with E-state index in [-0.39, 0.29) is 32.0 Å². The summed E-state index contributed by atoms with van der Waals surface area (Å²) in [5, 5.41) is 14.9. The molecular weight excluding hydrogens is 448 g/mol. The maximum absolute atomic E-state index is 12.5. The predicted octanol–water partition coefficient (Wildman–Crippen LogP) is 3.94. The fraction of sp³-hybridized carbons (Fsp3) is 0.444. The number of hydrogen-bond acceptors (Lipinski definition) is 5. The van der Waals surface area contributed by atoms with Gasteiger partial charge >= 0.3 is 12.1 Å². The standard InChI is InChI=1S/C27H34N2O6/c1-4-27(5-2,25(31)32)17-29-24(30)23(34-3)14-15-28-26(33)35-16-22-20-12-8-6-10-18(20)19-11-7-9-13-21(19)22/h6-13,22-23H,4-5,14-17H2,1-3H3,(H,28,33)(H,29,30)(H,31,32). The molecule has 0 spiro atoms. The molecule has 0 saturated heterocycles. The van der Waals surface area contributed by atoms with E-state index in [1.54, 1.807) is 13.8 Å². The average Bonchev–Trinajstić information content (AvgIpc) is 3.19. The van der Waals surface area contributed by atoms with E-state index < -0.39 is 29.5 Å². The van der Waals surface area contributed by atoms with Crippen molar-refractivity contribution >= 4 is 18.0 Å². The SMILES string of the molecule is CCC(CC)(CNC(=O)C(CCNC(=O)OCC1c2ccccc2-c2ccccc21)OC)C(=O)O. The third-order valence-electron chi connectivity index (χ3n) is 7.00. The summed E-state index contributed by atoms with van der Waals surface area (Å²) in [5.41, 5.74) is 3.57. The van der Waals surface area contributed by atoms with Crippen LogP contribution in [0.15, 0.2) is 48.5 Å². The molecule has 1 aliphatic rings. The van der Waals surface area contributed by atoms with Gasteiger partial charge in [-0.05, 0) is 35.1 Å². The van der Waals surface area contributed by atoms with Crippen molar-refractivity contribution in [1.82, 2.24) is 10.6 Å². The van der Waals surface area contributed by atoms with Crippen LogP contribution >= 0.6 is 0 Å². The van der Waals surface area contributed by atoms with Crippen molar-refractivity contribution in [1.29, 1.82) is 0 Å². The van der Waals surface area contributed by atoms with Crippen LogP contribution in [0.1, 0.15) is 50.2 Å². The topological polar surface area (TPSA) is 114 Å². The van der Waals surface area contributed by atoms with E-state index >= 15 is 0 Å². The maximum Gasteiger partial charge on any atom is 0.407 e. The number of benzene rings is 2. The first kappa shape index (κ1) is 26.2. The molecule has 0 aromatic heterocycles. The highest BCUT2D eigenvalue weighted by atomic mass is 16.5. The number of fused-ring (bicyclic) bond motifs is 3. The van der Waals surface area contributed by atoms with Gasteiger partial charge in [0.25, 0.3) is 0 Å². The zero-order valence-electron chi connectivity index (χ0n) is 20.5. The summed E-state index contributed by atoms with van der Waals surface area (Å²) < 4.78 is 10.8. The minimum atomic E-state index is -1.01. The van der Waals surface area contributed by atoms with E-state index in [1.807, 2.05) is 24.3 Å². The molecule has 188 valence electrons. The highest BCUT2D eigenvalue weighted by molar-refractivity contribution is 5.82. The Morgan fingerprint density at radius 2 is 1.54 bits per heavy atom. The van der Waals surface area contributed by atoms with E-state index in [1.165, 1.54) is 7.11 Å². The van der Waals surface area contributed by atoms with Gasteiger partial charge in [-0.25, -0.2) is 4.79 Å². The van der Waals surface area contributed by atoms with Crippen LogP contribution in [0, 0.1) is 5.41 Å². The predicted molar refractivity (Wildman–Crippen MR) is 132 cm³/mol. The molecule has 0 fully saturated rings. The number of ether oxygens (including phenoxy) is 2. The number of carbonyl (C=O) groups excluding carboxylic acids is 2. The summed E-state index contributed by atoms with van der Waals surface area (Å²) in [6.07, 6.45) is -0.349. The van der Waals surface area contributed by atoms with Gasteiger partial charge in [0.05, 0.1) is 5.41 Å². The molecule has 0 bridgehead atoms. The van der Waals surface area contributed by atoms with Gasteiger partial charge < -0.3 is 25.2 Å². The monoisotopic (exact) mass is 482 g/mol. The van der Waals surface area contributed by atoms with Crippen LogP contribution in [0.2, 0.25) is 0 Å². The number of hydrogen-bond donors (Lipinski definition) is 3. The summed E-state index contributed by atoms with van der Waals surface area (Å²) in [6, 6.07) is 16.2. The molecule has 0 heterocycles. The van der Waals surface area contributed by atoms with Gasteiger partial charge in [-0.15, -0.1) is 0 Å². The molecule has 35 heavy (non-hydrogen) atoms. The van der Waals surface area contributed by atoms with Gasteiger partial charge in [-0.2, -0.15) is 0 Å². The molecule has 8 nitrogen and oxygen atoms in total. The molecule has 1 atom stereocenters. The number of nitrogens with one attached hydrogen (secondary N) is 2. The highest BCUT2D eigenvalue weighted by Crippen LogP contribution is 2.44. The number of carbonyl (C=O) groups is 3. The molecule has 3 rings (SSSR count). The average molecular weight is 483 g/mol. The Labute approximate surface area is 206 Å². The lowest BCUT2D eigenvalue weighted by Crippen LogP contribution is -2.46. The second-order valence-electron chi connectivity index (χ2n) is 8.78. The molecule has 1 unspecified atom stereocenters. The van der Waals surface area contributed by atoms with Crippen LogP contribution in [0.5, 0.6) is 0 Å². The third kappa shape index (κ3) is 5.82. The Morgan fingerprint density at radius 3 is 2.06 bits per heavy atom. The fourth-order valence-electron chi connectivity index (χ4n) is 4.56. The Bertz CT molecular complexity index is 1000. The Kier molecular flexibility index (Phi) is 8.87. The maximum atomic E-state index is 12.5. The first-order chi connectivity index (χ1) is 16.9. The van der Waals surface area contributed by atoms with Gasteiger partial charge in [-0.1, -0.05) is 62.4 Å². The van der Waals surface area contributed by atoms with Crippen molar-refractivity contribution in [2.45, 2.75) is 45.1 Å². The van der Waals surface area contributed by atoms with Gasteiger partial charge in [0.1, 0.15) is 12.7 Å². The summed E-state index contributed by atoms with van der Waals surface area (Å²) in [5.74, 6) is -1.37. The largest absolute Gasteiger partial charge is 0.481 e. The van der Waals surface area contributed by atoms with Crippen LogP contribution in [-0.4, -0.2) is 56.0 Å². The number of carboxylic acids is 1. The smallest absolute Gasteiger partial charge is 0.407 e. The molecule has 0 saturated carbocycles. The lowest BCUT2D eigenvalue weighted by Gasteiger charge is -2.27. The first-order valence-electron chi connectivity index (χ1n) is 12.0. The molecule has 0 radical (unpaired) electrons. The van der Waals surface area contributed by atoms with Crippen molar-refractivity contribution in [3.63, 3.8) is 0 Å². The third-order valence-corrected chi connectivity index (χ3v) is 7.00. The van der Waals surface area contributed by atoms with Gasteiger partial charge in [0, 0.05) is 32.5 Å². The van der Waals surface area contributed by atoms with Gasteiger partial charge in [0.2, 0.25) is 5.91 Å². The molecule has 2 amide bonds. The normalized spacial score (nSPS) is 13.5. The van der Waals surface area contributed by atoms with Gasteiger partial charge in [0.15, 0.2) is 0 Å². The number of rotatable bonds is 12. The van der Waals surface area contributed by atoms with Crippen molar-refractivity contribution in [3.05, 3.63) is 59.7 Å².